The van der Waals surface area contributed by atoms with Gasteiger partial charge in [-0.05, 0) is 42.5 Å². The molecule has 2 aromatic rings. The molecule has 0 bridgehead atoms. The van der Waals surface area contributed by atoms with Crippen molar-refractivity contribution in [1.29, 1.82) is 0 Å². The van der Waals surface area contributed by atoms with Gasteiger partial charge in [0.2, 0.25) is 11.8 Å². The molecular formula is C25H31ClN2O3. The molecule has 0 radical (unpaired) electrons. The molecule has 0 aromatic heterocycles. The highest BCUT2D eigenvalue weighted by molar-refractivity contribution is 6.27. The van der Waals surface area contributed by atoms with E-state index in [-0.39, 0.29) is 23.7 Å². The fraction of sp³-hybridized carbons (Fsp3) is 0.440. The number of methoxy groups -OCH3 is 1. The van der Waals surface area contributed by atoms with Crippen molar-refractivity contribution in [2.75, 3.05) is 19.5 Å². The number of carbonyl (C=O) groups is 2. The van der Waals surface area contributed by atoms with Gasteiger partial charge in [-0.1, -0.05) is 61.7 Å². The Bertz CT molecular complexity index is 836. The number of hydrogen-bond acceptors (Lipinski definition) is 3. The summed E-state index contributed by atoms with van der Waals surface area (Å²) in [5.74, 6) is 0.133. The van der Waals surface area contributed by atoms with Gasteiger partial charge in [0.15, 0.2) is 0 Å². The number of benzene rings is 2. The molecule has 0 heterocycles. The maximum absolute atomic E-state index is 13.5. The van der Waals surface area contributed by atoms with Crippen LogP contribution in [0.4, 0.5) is 0 Å². The molecule has 1 aliphatic rings. The van der Waals surface area contributed by atoms with Gasteiger partial charge in [-0.25, -0.2) is 0 Å². The van der Waals surface area contributed by atoms with Gasteiger partial charge >= 0.3 is 0 Å². The first-order chi connectivity index (χ1) is 15.1. The van der Waals surface area contributed by atoms with Gasteiger partial charge in [0, 0.05) is 12.6 Å². The van der Waals surface area contributed by atoms with Crippen LogP contribution in [0, 0.1) is 0 Å². The Morgan fingerprint density at radius 3 is 2.35 bits per heavy atom. The molecular weight excluding hydrogens is 412 g/mol. The number of nitrogens with zero attached hydrogens (tertiary/aromatic N) is 1. The van der Waals surface area contributed by atoms with Gasteiger partial charge in [-0.2, -0.15) is 0 Å². The molecule has 2 amide bonds. The summed E-state index contributed by atoms with van der Waals surface area (Å²) in [6, 6.07) is 16.7. The van der Waals surface area contributed by atoms with Crippen molar-refractivity contribution >= 4 is 23.4 Å². The van der Waals surface area contributed by atoms with Crippen molar-refractivity contribution < 1.29 is 14.3 Å². The monoisotopic (exact) mass is 442 g/mol. The van der Waals surface area contributed by atoms with E-state index in [1.807, 2.05) is 54.6 Å². The van der Waals surface area contributed by atoms with Crippen LogP contribution in [0.5, 0.6) is 5.75 Å². The summed E-state index contributed by atoms with van der Waals surface area (Å²) in [5, 5.41) is 3.20. The highest BCUT2D eigenvalue weighted by Crippen LogP contribution is 2.26. The van der Waals surface area contributed by atoms with Crippen molar-refractivity contribution in [3.63, 3.8) is 0 Å². The normalized spacial score (nSPS) is 15.2. The summed E-state index contributed by atoms with van der Waals surface area (Å²) in [6.45, 7) is 0.407. The molecule has 31 heavy (non-hydrogen) atoms. The predicted molar refractivity (Wildman–Crippen MR) is 123 cm³/mol. The summed E-state index contributed by atoms with van der Waals surface area (Å²) < 4.78 is 5.26. The van der Waals surface area contributed by atoms with Gasteiger partial charge < -0.3 is 15.0 Å². The second-order valence-electron chi connectivity index (χ2n) is 7.98. The summed E-state index contributed by atoms with van der Waals surface area (Å²) in [4.78, 5) is 27.9. The third kappa shape index (κ3) is 6.47. The van der Waals surface area contributed by atoms with E-state index in [1.54, 1.807) is 12.0 Å². The number of ether oxygens (including phenoxy) is 1. The second kappa shape index (κ2) is 11.8. The Balaban J connectivity index is 1.87. The lowest BCUT2D eigenvalue weighted by atomic mass is 9.94. The summed E-state index contributed by atoms with van der Waals surface area (Å²) in [6.07, 6.45) is 6.06. The molecule has 2 aromatic carbocycles. The van der Waals surface area contributed by atoms with E-state index in [0.717, 1.165) is 36.8 Å². The van der Waals surface area contributed by atoms with Crippen molar-refractivity contribution in [1.82, 2.24) is 10.2 Å². The molecule has 0 spiro atoms. The molecule has 1 saturated carbocycles. The van der Waals surface area contributed by atoms with Crippen LogP contribution in [0.2, 0.25) is 0 Å². The molecule has 0 unspecified atom stereocenters. The lowest BCUT2D eigenvalue weighted by Gasteiger charge is -2.33. The maximum atomic E-state index is 13.5. The Morgan fingerprint density at radius 1 is 1.06 bits per heavy atom. The minimum atomic E-state index is -0.734. The standard InChI is InChI=1S/C25H31ClN2O3/c1-31-22-14-12-20(13-15-22)24(25(30)27-21-10-6-3-7-11-21)28(23(29)18-26)17-16-19-8-4-2-5-9-19/h2,4-5,8-9,12-15,21,24H,3,6-7,10-11,16-18H2,1H3,(H,27,30)/t24-/m0/s1. The summed E-state index contributed by atoms with van der Waals surface area (Å²) in [5.41, 5.74) is 1.86. The molecule has 0 aliphatic heterocycles. The van der Waals surface area contributed by atoms with Gasteiger partial charge in [0.25, 0.3) is 0 Å². The molecule has 1 aliphatic carbocycles. The highest BCUT2D eigenvalue weighted by Gasteiger charge is 2.32. The zero-order chi connectivity index (χ0) is 22.1. The molecule has 3 rings (SSSR count). The SMILES string of the molecule is COc1ccc([C@@H](C(=O)NC2CCCCC2)N(CCc2ccccc2)C(=O)CCl)cc1. The number of nitrogens with one attached hydrogen (secondary N) is 1. The third-order valence-electron chi connectivity index (χ3n) is 5.86. The Morgan fingerprint density at radius 2 is 1.74 bits per heavy atom. The van der Waals surface area contributed by atoms with Crippen molar-refractivity contribution in [2.45, 2.75) is 50.6 Å². The fourth-order valence-corrected chi connectivity index (χ4v) is 4.31. The zero-order valence-electron chi connectivity index (χ0n) is 18.1. The predicted octanol–water partition coefficient (Wildman–Crippen LogP) is 4.50. The zero-order valence-corrected chi connectivity index (χ0v) is 18.8. The number of amides is 2. The van der Waals surface area contributed by atoms with E-state index in [9.17, 15) is 9.59 Å². The molecule has 1 N–H and O–H groups in total. The molecule has 166 valence electrons. The fourth-order valence-electron chi connectivity index (χ4n) is 4.15. The van der Waals surface area contributed by atoms with Crippen LogP contribution in [0.3, 0.4) is 0 Å². The summed E-state index contributed by atoms with van der Waals surface area (Å²) >= 11 is 5.96. The number of rotatable bonds is 9. The van der Waals surface area contributed by atoms with Crippen molar-refractivity contribution in [2.24, 2.45) is 0 Å². The average molecular weight is 443 g/mol. The third-order valence-corrected chi connectivity index (χ3v) is 6.09. The smallest absolute Gasteiger partial charge is 0.247 e. The topological polar surface area (TPSA) is 58.6 Å². The average Bonchev–Trinajstić information content (AvgIpc) is 2.82. The lowest BCUT2D eigenvalue weighted by Crippen LogP contribution is -2.48. The minimum Gasteiger partial charge on any atom is -0.497 e. The first-order valence-electron chi connectivity index (χ1n) is 11.0. The van der Waals surface area contributed by atoms with E-state index in [2.05, 4.69) is 5.32 Å². The van der Waals surface area contributed by atoms with Crippen LogP contribution in [-0.2, 0) is 16.0 Å². The van der Waals surface area contributed by atoms with Gasteiger partial charge in [-0.15, -0.1) is 11.6 Å². The van der Waals surface area contributed by atoms with Gasteiger partial charge in [0.1, 0.15) is 17.7 Å². The molecule has 6 heteroatoms. The van der Waals surface area contributed by atoms with Gasteiger partial charge in [0.05, 0.1) is 7.11 Å². The Kier molecular flexibility index (Phi) is 8.77. The first kappa shape index (κ1) is 23.1. The summed E-state index contributed by atoms with van der Waals surface area (Å²) in [7, 11) is 1.60. The minimum absolute atomic E-state index is 0.149. The molecule has 5 nitrogen and oxygen atoms in total. The van der Waals surface area contributed by atoms with Crippen LogP contribution < -0.4 is 10.1 Å². The van der Waals surface area contributed by atoms with E-state index in [0.29, 0.717) is 18.7 Å². The van der Waals surface area contributed by atoms with E-state index >= 15 is 0 Å². The maximum Gasteiger partial charge on any atom is 0.247 e. The van der Waals surface area contributed by atoms with E-state index in [1.165, 1.54) is 6.42 Å². The van der Waals surface area contributed by atoms with Crippen molar-refractivity contribution in [3.05, 3.63) is 65.7 Å². The van der Waals surface area contributed by atoms with E-state index < -0.39 is 6.04 Å². The quantitative estimate of drug-likeness (QED) is 0.582. The second-order valence-corrected chi connectivity index (χ2v) is 8.24. The molecule has 1 atom stereocenters. The number of hydrogen-bond donors (Lipinski definition) is 1. The number of alkyl halides is 1. The largest absolute Gasteiger partial charge is 0.497 e. The van der Waals surface area contributed by atoms with Crippen LogP contribution in [0.15, 0.2) is 54.6 Å². The number of halogens is 1. The number of carbonyl (C=O) groups excluding carboxylic acids is 2. The van der Waals surface area contributed by atoms with E-state index in [4.69, 9.17) is 16.3 Å². The first-order valence-corrected chi connectivity index (χ1v) is 11.5. The lowest BCUT2D eigenvalue weighted by molar-refractivity contribution is -0.139. The van der Waals surface area contributed by atoms with Gasteiger partial charge in [-0.3, -0.25) is 9.59 Å². The Labute approximate surface area is 189 Å². The van der Waals surface area contributed by atoms with Crippen molar-refractivity contribution in [3.8, 4) is 5.75 Å². The van der Waals surface area contributed by atoms with Crippen LogP contribution >= 0.6 is 11.6 Å². The Hall–Kier alpha value is -2.53. The van der Waals surface area contributed by atoms with Crippen LogP contribution in [-0.4, -0.2) is 42.3 Å². The molecule has 0 saturated heterocycles. The van der Waals surface area contributed by atoms with Crippen LogP contribution in [0.25, 0.3) is 0 Å². The highest BCUT2D eigenvalue weighted by atomic mass is 35.5. The van der Waals surface area contributed by atoms with Crippen LogP contribution in [0.1, 0.15) is 49.3 Å². The molecule has 1 fully saturated rings.